The second-order valence-corrected chi connectivity index (χ2v) is 6.05. The van der Waals surface area contributed by atoms with Gasteiger partial charge in [0.1, 0.15) is 12.4 Å². The van der Waals surface area contributed by atoms with Crippen LogP contribution in [0.15, 0.2) is 36.4 Å². The highest BCUT2D eigenvalue weighted by Crippen LogP contribution is 2.25. The molecule has 24 heavy (non-hydrogen) atoms. The number of ketones is 1. The van der Waals surface area contributed by atoms with Crippen molar-refractivity contribution in [2.24, 2.45) is 0 Å². The molecule has 0 amide bonds. The van der Waals surface area contributed by atoms with E-state index in [4.69, 9.17) is 4.74 Å². The van der Waals surface area contributed by atoms with Gasteiger partial charge in [0, 0.05) is 23.2 Å². The summed E-state index contributed by atoms with van der Waals surface area (Å²) in [4.78, 5) is 16.0. The molecule has 0 atom stereocenters. The smallest absolute Gasteiger partial charge is 0.213 e. The molecule has 1 N–H and O–H groups in total. The van der Waals surface area contributed by atoms with Crippen molar-refractivity contribution in [2.45, 2.75) is 32.3 Å². The van der Waals surface area contributed by atoms with Crippen LogP contribution in [0.5, 0.6) is 5.88 Å². The lowest BCUT2D eigenvalue weighted by molar-refractivity contribution is 0.101. The van der Waals surface area contributed by atoms with Crippen LogP contribution >= 0.6 is 0 Å². The maximum absolute atomic E-state index is 14.3. The molecule has 0 bridgehead atoms. The zero-order valence-electron chi connectivity index (χ0n) is 13.7. The van der Waals surface area contributed by atoms with Crippen LogP contribution in [-0.4, -0.2) is 23.9 Å². The van der Waals surface area contributed by atoms with E-state index in [9.17, 15) is 9.18 Å². The largest absolute Gasteiger partial charge is 0.473 e. The number of nitrogens with zero attached hydrogens (tertiary/aromatic N) is 1. The second kappa shape index (κ2) is 7.53. The Morgan fingerprint density at radius 2 is 2.00 bits per heavy atom. The Labute approximate surface area is 141 Å². The van der Waals surface area contributed by atoms with Gasteiger partial charge in [-0.2, -0.15) is 0 Å². The summed E-state index contributed by atoms with van der Waals surface area (Å²) in [6.45, 7) is 3.41. The first-order valence-electron chi connectivity index (χ1n) is 8.24. The van der Waals surface area contributed by atoms with Crippen LogP contribution in [0, 0.1) is 5.82 Å². The molecule has 0 spiro atoms. The van der Waals surface area contributed by atoms with Gasteiger partial charge in [0.2, 0.25) is 5.88 Å². The Morgan fingerprint density at radius 1 is 1.25 bits per heavy atom. The van der Waals surface area contributed by atoms with E-state index in [1.807, 2.05) is 12.1 Å². The Balaban J connectivity index is 1.71. The molecule has 0 radical (unpaired) electrons. The SMILES string of the molecule is CC(=O)c1cccc(COc2cccc(C3CCNCC3)n2)c1F. The van der Waals surface area contributed by atoms with Crippen molar-refractivity contribution in [3.8, 4) is 5.88 Å². The van der Waals surface area contributed by atoms with Crippen molar-refractivity contribution in [1.82, 2.24) is 10.3 Å². The Bertz CT molecular complexity index is 727. The number of carbonyl (C=O) groups excluding carboxylic acids is 1. The van der Waals surface area contributed by atoms with Crippen LogP contribution in [0.1, 0.15) is 47.3 Å². The van der Waals surface area contributed by atoms with Gasteiger partial charge in [0.25, 0.3) is 0 Å². The lowest BCUT2D eigenvalue weighted by atomic mass is 9.94. The molecule has 1 aliphatic rings. The number of rotatable bonds is 5. The predicted molar refractivity (Wildman–Crippen MR) is 89.8 cm³/mol. The first-order chi connectivity index (χ1) is 11.6. The fourth-order valence-electron chi connectivity index (χ4n) is 2.97. The minimum atomic E-state index is -0.514. The number of hydrogen-bond acceptors (Lipinski definition) is 4. The number of nitrogens with one attached hydrogen (secondary N) is 1. The van der Waals surface area contributed by atoms with Crippen molar-refractivity contribution < 1.29 is 13.9 Å². The minimum absolute atomic E-state index is 0.0512. The van der Waals surface area contributed by atoms with Crippen LogP contribution in [0.3, 0.4) is 0 Å². The van der Waals surface area contributed by atoms with E-state index in [-0.39, 0.29) is 18.0 Å². The fraction of sp³-hybridized carbons (Fsp3) is 0.368. The summed E-state index contributed by atoms with van der Waals surface area (Å²) in [5, 5.41) is 3.34. The molecule has 2 heterocycles. The van der Waals surface area contributed by atoms with Crippen molar-refractivity contribution in [2.75, 3.05) is 13.1 Å². The van der Waals surface area contributed by atoms with E-state index < -0.39 is 5.82 Å². The highest BCUT2D eigenvalue weighted by Gasteiger charge is 2.17. The highest BCUT2D eigenvalue weighted by molar-refractivity contribution is 5.94. The van der Waals surface area contributed by atoms with Gasteiger partial charge in [-0.25, -0.2) is 9.37 Å². The van der Waals surface area contributed by atoms with Crippen molar-refractivity contribution in [3.05, 3.63) is 59.0 Å². The maximum atomic E-state index is 14.3. The molecular weight excluding hydrogens is 307 g/mol. The number of Topliss-reactive ketones (excluding diaryl/α,β-unsaturated/α-hetero) is 1. The lowest BCUT2D eigenvalue weighted by Crippen LogP contribution is -2.27. The Morgan fingerprint density at radius 3 is 2.75 bits per heavy atom. The standard InChI is InChI=1S/C19H21FN2O2/c1-13(23)16-5-2-4-15(19(16)20)12-24-18-7-3-6-17(22-18)14-8-10-21-11-9-14/h2-7,14,21H,8-12H2,1H3. The average molecular weight is 328 g/mol. The summed E-state index contributed by atoms with van der Waals surface area (Å²) in [6.07, 6.45) is 2.12. The summed E-state index contributed by atoms with van der Waals surface area (Å²) in [7, 11) is 0. The van der Waals surface area contributed by atoms with E-state index in [2.05, 4.69) is 10.3 Å². The molecule has 4 nitrogen and oxygen atoms in total. The van der Waals surface area contributed by atoms with Gasteiger partial charge >= 0.3 is 0 Å². The lowest BCUT2D eigenvalue weighted by Gasteiger charge is -2.22. The molecule has 0 saturated carbocycles. The van der Waals surface area contributed by atoms with E-state index in [1.54, 1.807) is 18.2 Å². The molecular formula is C19H21FN2O2. The normalized spacial score (nSPS) is 15.2. The molecule has 1 fully saturated rings. The Hall–Kier alpha value is -2.27. The molecule has 0 unspecified atom stereocenters. The number of hydrogen-bond donors (Lipinski definition) is 1. The molecule has 5 heteroatoms. The number of ether oxygens (including phenoxy) is 1. The molecule has 0 aliphatic carbocycles. The summed E-state index contributed by atoms with van der Waals surface area (Å²) >= 11 is 0. The topological polar surface area (TPSA) is 51.2 Å². The number of pyridine rings is 1. The highest BCUT2D eigenvalue weighted by atomic mass is 19.1. The fourth-order valence-corrected chi connectivity index (χ4v) is 2.97. The van der Waals surface area contributed by atoms with Gasteiger partial charge in [-0.1, -0.05) is 18.2 Å². The quantitative estimate of drug-likeness (QED) is 0.854. The van der Waals surface area contributed by atoms with E-state index >= 15 is 0 Å². The first-order valence-corrected chi connectivity index (χ1v) is 8.24. The number of benzene rings is 1. The van der Waals surface area contributed by atoms with Gasteiger partial charge in [-0.05, 0) is 45.0 Å². The summed E-state index contributed by atoms with van der Waals surface area (Å²) in [5.74, 6) is 0.117. The minimum Gasteiger partial charge on any atom is -0.473 e. The predicted octanol–water partition coefficient (Wildman–Crippen LogP) is 3.47. The average Bonchev–Trinajstić information content (AvgIpc) is 2.61. The number of piperidine rings is 1. The third-order valence-electron chi connectivity index (χ3n) is 4.34. The molecule has 1 aromatic heterocycles. The van der Waals surface area contributed by atoms with Crippen molar-refractivity contribution in [3.63, 3.8) is 0 Å². The van der Waals surface area contributed by atoms with E-state index in [0.717, 1.165) is 31.6 Å². The molecule has 126 valence electrons. The van der Waals surface area contributed by atoms with Gasteiger partial charge < -0.3 is 10.1 Å². The third-order valence-corrected chi connectivity index (χ3v) is 4.34. The zero-order chi connectivity index (χ0) is 16.9. The van der Waals surface area contributed by atoms with E-state index in [0.29, 0.717) is 17.4 Å². The van der Waals surface area contributed by atoms with Crippen LogP contribution in [0.4, 0.5) is 4.39 Å². The summed E-state index contributed by atoms with van der Waals surface area (Å²) < 4.78 is 19.9. The molecule has 3 rings (SSSR count). The van der Waals surface area contributed by atoms with Crippen LogP contribution in [-0.2, 0) is 6.61 Å². The second-order valence-electron chi connectivity index (χ2n) is 6.05. The van der Waals surface area contributed by atoms with Gasteiger partial charge in [0.15, 0.2) is 5.78 Å². The summed E-state index contributed by atoms with van der Waals surface area (Å²) in [5.41, 5.74) is 1.47. The maximum Gasteiger partial charge on any atom is 0.213 e. The van der Waals surface area contributed by atoms with E-state index in [1.165, 1.54) is 13.0 Å². The molecule has 1 aromatic carbocycles. The van der Waals surface area contributed by atoms with Crippen LogP contribution in [0.2, 0.25) is 0 Å². The number of carbonyl (C=O) groups is 1. The van der Waals surface area contributed by atoms with Gasteiger partial charge in [-0.3, -0.25) is 4.79 Å². The van der Waals surface area contributed by atoms with Gasteiger partial charge in [-0.15, -0.1) is 0 Å². The number of halogens is 1. The molecule has 1 aliphatic heterocycles. The third kappa shape index (κ3) is 3.79. The van der Waals surface area contributed by atoms with Gasteiger partial charge in [0.05, 0.1) is 5.56 Å². The summed E-state index contributed by atoms with van der Waals surface area (Å²) in [6, 6.07) is 10.5. The first kappa shape index (κ1) is 16.6. The molecule has 2 aromatic rings. The number of aromatic nitrogens is 1. The van der Waals surface area contributed by atoms with Crippen LogP contribution < -0.4 is 10.1 Å². The molecule has 1 saturated heterocycles. The van der Waals surface area contributed by atoms with Crippen molar-refractivity contribution in [1.29, 1.82) is 0 Å². The Kier molecular flexibility index (Phi) is 5.20. The van der Waals surface area contributed by atoms with Crippen LogP contribution in [0.25, 0.3) is 0 Å². The monoisotopic (exact) mass is 328 g/mol. The zero-order valence-corrected chi connectivity index (χ0v) is 13.7. The van der Waals surface area contributed by atoms with Crippen molar-refractivity contribution >= 4 is 5.78 Å².